The van der Waals surface area contributed by atoms with E-state index in [-0.39, 0.29) is 36.3 Å². The van der Waals surface area contributed by atoms with E-state index in [0.717, 1.165) is 19.3 Å². The van der Waals surface area contributed by atoms with E-state index >= 15 is 0 Å². The van der Waals surface area contributed by atoms with Crippen molar-refractivity contribution in [3.05, 3.63) is 58.1 Å². The number of nitrogens with one attached hydrogen (secondary N) is 1. The fourth-order valence-electron chi connectivity index (χ4n) is 4.79. The van der Waals surface area contributed by atoms with Gasteiger partial charge in [0, 0.05) is 26.2 Å². The molecule has 214 valence electrons. The smallest absolute Gasteiger partial charge is 0.243 e. The number of benzene rings is 2. The van der Waals surface area contributed by atoms with Gasteiger partial charge in [0.05, 0.1) is 33.2 Å². The summed E-state index contributed by atoms with van der Waals surface area (Å²) in [6, 6.07) is 11.0. The van der Waals surface area contributed by atoms with Crippen LogP contribution in [0.1, 0.15) is 37.7 Å². The standard InChI is InChI=1S/C26H33Cl2N3O6S2/c27-24-11-6-20(17-25(24)28)19-38(33,34)31-15-4-5-21(18-31)26(32)29-12-16-37-22-7-9-23(10-8-22)39(35,36)30-13-2-1-3-14-30/h6-11,17,21H,1-5,12-16,18-19H2,(H,29,32)/t21-/m0/s1. The quantitative estimate of drug-likeness (QED) is 0.405. The van der Waals surface area contributed by atoms with Gasteiger partial charge in [-0.15, -0.1) is 0 Å². The third kappa shape index (κ3) is 7.86. The molecule has 2 aromatic rings. The predicted octanol–water partition coefficient (Wildman–Crippen LogP) is 3.91. The van der Waals surface area contributed by atoms with Crippen LogP contribution in [-0.4, -0.2) is 70.7 Å². The maximum absolute atomic E-state index is 13.0. The first kappa shape index (κ1) is 30.1. The van der Waals surface area contributed by atoms with Gasteiger partial charge >= 0.3 is 0 Å². The summed E-state index contributed by atoms with van der Waals surface area (Å²) in [6.07, 6.45) is 3.98. The Morgan fingerprint density at radius 2 is 1.59 bits per heavy atom. The van der Waals surface area contributed by atoms with Crippen molar-refractivity contribution >= 4 is 49.2 Å². The van der Waals surface area contributed by atoms with Crippen molar-refractivity contribution in [3.8, 4) is 5.75 Å². The molecule has 0 saturated carbocycles. The second kappa shape index (κ2) is 13.2. The first-order chi connectivity index (χ1) is 18.6. The highest BCUT2D eigenvalue weighted by Gasteiger charge is 2.32. The fourth-order valence-corrected chi connectivity index (χ4v) is 8.23. The molecule has 0 radical (unpaired) electrons. The zero-order chi connectivity index (χ0) is 28.0. The van der Waals surface area contributed by atoms with E-state index in [0.29, 0.717) is 53.8 Å². The van der Waals surface area contributed by atoms with Gasteiger partial charge in [0.25, 0.3) is 0 Å². The van der Waals surface area contributed by atoms with Crippen LogP contribution < -0.4 is 10.1 Å². The second-order valence-electron chi connectivity index (χ2n) is 9.78. The summed E-state index contributed by atoms with van der Waals surface area (Å²) in [5, 5.41) is 3.46. The van der Waals surface area contributed by atoms with Gasteiger partial charge in [-0.1, -0.05) is 35.7 Å². The minimum absolute atomic E-state index is 0.114. The summed E-state index contributed by atoms with van der Waals surface area (Å²) in [7, 11) is -7.14. The van der Waals surface area contributed by atoms with Gasteiger partial charge in [-0.05, 0) is 67.6 Å². The minimum Gasteiger partial charge on any atom is -0.492 e. The Kier molecular flexibility index (Phi) is 10.2. The molecule has 9 nitrogen and oxygen atoms in total. The normalized spacial score (nSPS) is 19.5. The Hall–Kier alpha value is -1.89. The lowest BCUT2D eigenvalue weighted by molar-refractivity contribution is -0.126. The van der Waals surface area contributed by atoms with Crippen LogP contribution in [0.2, 0.25) is 10.0 Å². The summed E-state index contributed by atoms with van der Waals surface area (Å²) >= 11 is 11.9. The van der Waals surface area contributed by atoms with Crippen LogP contribution in [0.4, 0.5) is 0 Å². The first-order valence-corrected chi connectivity index (χ1v) is 16.8. The Bertz CT molecular complexity index is 1360. The first-order valence-electron chi connectivity index (χ1n) is 13.0. The van der Waals surface area contributed by atoms with Crippen LogP contribution in [0, 0.1) is 5.92 Å². The van der Waals surface area contributed by atoms with Crippen molar-refractivity contribution in [2.24, 2.45) is 5.92 Å². The number of sulfonamides is 2. The third-order valence-corrected chi connectivity index (χ3v) is 11.4. The lowest BCUT2D eigenvalue weighted by Crippen LogP contribution is -2.46. The predicted molar refractivity (Wildman–Crippen MR) is 151 cm³/mol. The number of rotatable bonds is 10. The van der Waals surface area contributed by atoms with Gasteiger partial charge in [0.2, 0.25) is 26.0 Å². The largest absolute Gasteiger partial charge is 0.492 e. The van der Waals surface area contributed by atoms with Crippen LogP contribution in [0.3, 0.4) is 0 Å². The zero-order valence-corrected chi connectivity index (χ0v) is 24.7. The summed E-state index contributed by atoms with van der Waals surface area (Å²) in [5.41, 5.74) is 0.533. The summed E-state index contributed by atoms with van der Waals surface area (Å²) in [6.45, 7) is 1.99. The van der Waals surface area contributed by atoms with E-state index in [1.807, 2.05) is 0 Å². The average molecular weight is 619 g/mol. The molecule has 2 aliphatic rings. The number of amides is 1. The molecule has 13 heteroatoms. The molecule has 39 heavy (non-hydrogen) atoms. The zero-order valence-electron chi connectivity index (χ0n) is 21.5. The number of hydrogen-bond donors (Lipinski definition) is 1. The maximum atomic E-state index is 13.0. The van der Waals surface area contributed by atoms with Crippen LogP contribution in [0.25, 0.3) is 0 Å². The highest BCUT2D eigenvalue weighted by Crippen LogP contribution is 2.26. The molecule has 2 aliphatic heterocycles. The summed E-state index contributed by atoms with van der Waals surface area (Å²) in [4.78, 5) is 13.0. The van der Waals surface area contributed by atoms with E-state index < -0.39 is 26.0 Å². The van der Waals surface area contributed by atoms with E-state index in [1.165, 1.54) is 26.8 Å². The van der Waals surface area contributed by atoms with Gasteiger partial charge in [-0.2, -0.15) is 4.31 Å². The van der Waals surface area contributed by atoms with Gasteiger partial charge in [0.15, 0.2) is 0 Å². The number of nitrogens with zero attached hydrogens (tertiary/aromatic N) is 2. The molecule has 2 fully saturated rings. The van der Waals surface area contributed by atoms with Crippen molar-refractivity contribution in [2.75, 3.05) is 39.3 Å². The molecular formula is C26H33Cl2N3O6S2. The Labute approximate surface area is 240 Å². The van der Waals surface area contributed by atoms with E-state index in [9.17, 15) is 21.6 Å². The molecule has 0 aromatic heterocycles. The fraction of sp³-hybridized carbons (Fsp3) is 0.500. The molecule has 0 aliphatic carbocycles. The van der Waals surface area contributed by atoms with E-state index in [2.05, 4.69) is 5.32 Å². The molecule has 0 bridgehead atoms. The molecule has 2 aromatic carbocycles. The maximum Gasteiger partial charge on any atom is 0.243 e. The molecule has 0 unspecified atom stereocenters. The Morgan fingerprint density at radius 1 is 0.897 bits per heavy atom. The monoisotopic (exact) mass is 617 g/mol. The highest BCUT2D eigenvalue weighted by atomic mass is 35.5. The molecule has 1 N–H and O–H groups in total. The number of piperidine rings is 2. The molecule has 2 saturated heterocycles. The molecule has 1 amide bonds. The lowest BCUT2D eigenvalue weighted by atomic mass is 9.99. The second-order valence-corrected chi connectivity index (χ2v) is 14.5. The van der Waals surface area contributed by atoms with Gasteiger partial charge in [0.1, 0.15) is 12.4 Å². The molecule has 0 spiro atoms. The van der Waals surface area contributed by atoms with Crippen LogP contribution in [0.5, 0.6) is 5.75 Å². The van der Waals surface area contributed by atoms with Gasteiger partial charge < -0.3 is 10.1 Å². The van der Waals surface area contributed by atoms with E-state index in [1.54, 1.807) is 24.3 Å². The number of carbonyl (C=O) groups is 1. The Balaban J connectivity index is 1.23. The number of halogens is 2. The van der Waals surface area contributed by atoms with Gasteiger partial charge in [-0.25, -0.2) is 21.1 Å². The van der Waals surface area contributed by atoms with Crippen LogP contribution >= 0.6 is 23.2 Å². The molecular weight excluding hydrogens is 585 g/mol. The molecule has 2 heterocycles. The number of hydrogen-bond acceptors (Lipinski definition) is 6. The van der Waals surface area contributed by atoms with Crippen LogP contribution in [0.15, 0.2) is 47.4 Å². The number of ether oxygens (including phenoxy) is 1. The van der Waals surface area contributed by atoms with E-state index in [4.69, 9.17) is 27.9 Å². The molecule has 4 rings (SSSR count). The number of carbonyl (C=O) groups excluding carboxylic acids is 1. The third-order valence-electron chi connectivity index (χ3n) is 6.93. The average Bonchev–Trinajstić information content (AvgIpc) is 2.93. The Morgan fingerprint density at radius 3 is 2.28 bits per heavy atom. The van der Waals surface area contributed by atoms with Crippen molar-refractivity contribution in [2.45, 2.75) is 42.8 Å². The van der Waals surface area contributed by atoms with Crippen molar-refractivity contribution in [1.29, 1.82) is 0 Å². The van der Waals surface area contributed by atoms with Gasteiger partial charge in [-0.3, -0.25) is 4.79 Å². The lowest BCUT2D eigenvalue weighted by Gasteiger charge is -2.31. The SMILES string of the molecule is O=C(NCCOc1ccc(S(=O)(=O)N2CCCCC2)cc1)[C@H]1CCCN(S(=O)(=O)Cc2ccc(Cl)c(Cl)c2)C1. The topological polar surface area (TPSA) is 113 Å². The summed E-state index contributed by atoms with van der Waals surface area (Å²) < 4.78 is 60.0. The molecule has 1 atom stereocenters. The van der Waals surface area contributed by atoms with Crippen molar-refractivity contribution < 1.29 is 26.4 Å². The minimum atomic E-state index is -3.63. The highest BCUT2D eigenvalue weighted by molar-refractivity contribution is 7.89. The van der Waals surface area contributed by atoms with Crippen LogP contribution in [-0.2, 0) is 30.6 Å². The van der Waals surface area contributed by atoms with Crippen molar-refractivity contribution in [3.63, 3.8) is 0 Å². The van der Waals surface area contributed by atoms with Crippen molar-refractivity contribution in [1.82, 2.24) is 13.9 Å². The summed E-state index contributed by atoms with van der Waals surface area (Å²) in [5.74, 6) is -0.402.